The van der Waals surface area contributed by atoms with Crippen LogP contribution in [0, 0.1) is 5.92 Å². The van der Waals surface area contributed by atoms with Crippen LogP contribution < -0.4 is 0 Å². The lowest BCUT2D eigenvalue weighted by atomic mass is 10.1. The minimum absolute atomic E-state index is 0.274. The van der Waals surface area contributed by atoms with E-state index >= 15 is 0 Å². The van der Waals surface area contributed by atoms with Gasteiger partial charge in [-0.2, -0.15) is 24.4 Å². The third kappa shape index (κ3) is 5.41. The molecule has 1 aliphatic heterocycles. The summed E-state index contributed by atoms with van der Waals surface area (Å²) in [6, 6.07) is 0. The molecule has 0 N–H and O–H groups in total. The van der Waals surface area contributed by atoms with Gasteiger partial charge in [-0.15, -0.1) is 0 Å². The van der Waals surface area contributed by atoms with Gasteiger partial charge < -0.3 is 0 Å². The molecule has 102 valence electrons. The number of hydrogen-bond acceptors (Lipinski definition) is 5. The van der Waals surface area contributed by atoms with Gasteiger partial charge in [-0.05, 0) is 31.1 Å². The van der Waals surface area contributed by atoms with Crippen LogP contribution in [-0.4, -0.2) is 55.3 Å². The van der Waals surface area contributed by atoms with Gasteiger partial charge in [0.15, 0.2) is 9.84 Å². The molecule has 1 fully saturated rings. The van der Waals surface area contributed by atoms with Crippen LogP contribution in [0.1, 0.15) is 19.8 Å². The van der Waals surface area contributed by atoms with E-state index in [-0.39, 0.29) is 5.37 Å². The lowest BCUT2D eigenvalue weighted by molar-refractivity contribution is 0.250. The number of rotatable bonds is 6. The summed E-state index contributed by atoms with van der Waals surface area (Å²) in [5.74, 6) is 3.31. The van der Waals surface area contributed by atoms with Crippen LogP contribution in [-0.2, 0) is 9.84 Å². The van der Waals surface area contributed by atoms with Crippen molar-refractivity contribution in [2.75, 3.05) is 36.6 Å². The fourth-order valence-electron chi connectivity index (χ4n) is 2.02. The number of sulfone groups is 1. The smallest absolute Gasteiger partial charge is 0.164 e. The fraction of sp³-hybridized carbons (Fsp3) is 1.00. The highest BCUT2D eigenvalue weighted by Gasteiger charge is 2.30. The summed E-state index contributed by atoms with van der Waals surface area (Å²) in [6.07, 6.45) is 3.53. The zero-order valence-corrected chi connectivity index (χ0v) is 13.2. The Morgan fingerprint density at radius 1 is 1.47 bits per heavy atom. The molecule has 0 saturated carbocycles. The van der Waals surface area contributed by atoms with Crippen molar-refractivity contribution in [2.24, 2.45) is 5.92 Å². The lowest BCUT2D eigenvalue weighted by Crippen LogP contribution is -2.47. The average molecular weight is 298 g/mol. The molecule has 1 saturated heterocycles. The summed E-state index contributed by atoms with van der Waals surface area (Å²) in [7, 11) is -2.95. The summed E-state index contributed by atoms with van der Waals surface area (Å²) in [5.41, 5.74) is 0. The first-order valence-electron chi connectivity index (χ1n) is 6.06. The molecule has 0 bridgehead atoms. The van der Waals surface area contributed by atoms with Gasteiger partial charge in [0.2, 0.25) is 0 Å². The molecule has 0 aromatic heterocycles. The molecule has 3 nitrogen and oxygen atoms in total. The van der Waals surface area contributed by atoms with Crippen LogP contribution in [0.3, 0.4) is 0 Å². The number of hydrogen-bond donors (Lipinski definition) is 1. The van der Waals surface area contributed by atoms with E-state index in [1.807, 2.05) is 0 Å². The van der Waals surface area contributed by atoms with Crippen molar-refractivity contribution >= 4 is 34.2 Å². The quantitative estimate of drug-likeness (QED) is 0.758. The van der Waals surface area contributed by atoms with E-state index in [0.717, 1.165) is 43.2 Å². The van der Waals surface area contributed by atoms with Crippen LogP contribution >= 0.6 is 24.4 Å². The third-order valence-electron chi connectivity index (χ3n) is 3.22. The molecule has 0 radical (unpaired) electrons. The molecule has 0 aliphatic carbocycles. The van der Waals surface area contributed by atoms with Crippen molar-refractivity contribution in [3.05, 3.63) is 0 Å². The second-order valence-corrected chi connectivity index (χ2v) is 8.60. The van der Waals surface area contributed by atoms with Gasteiger partial charge in [-0.1, -0.05) is 6.92 Å². The van der Waals surface area contributed by atoms with Crippen LogP contribution in [0.5, 0.6) is 0 Å². The van der Waals surface area contributed by atoms with E-state index in [2.05, 4.69) is 24.5 Å². The lowest BCUT2D eigenvalue weighted by Gasteiger charge is -2.34. The minimum Gasteiger partial charge on any atom is -0.286 e. The van der Waals surface area contributed by atoms with Crippen molar-refractivity contribution in [3.8, 4) is 0 Å². The number of thioether (sulfide) groups is 1. The summed E-state index contributed by atoms with van der Waals surface area (Å²) >= 11 is 5.98. The highest BCUT2D eigenvalue weighted by molar-refractivity contribution is 8.00. The highest BCUT2D eigenvalue weighted by Crippen LogP contribution is 2.21. The third-order valence-corrected chi connectivity index (χ3v) is 6.16. The second kappa shape index (κ2) is 7.26. The molecule has 0 aromatic rings. The number of thiol groups is 1. The van der Waals surface area contributed by atoms with Gasteiger partial charge in [-0.25, -0.2) is 8.42 Å². The molecule has 0 aromatic carbocycles. The monoisotopic (exact) mass is 297 g/mol. The van der Waals surface area contributed by atoms with E-state index in [1.165, 1.54) is 6.26 Å². The van der Waals surface area contributed by atoms with E-state index < -0.39 is 9.84 Å². The normalized spacial score (nSPS) is 24.8. The Hall–Kier alpha value is 0.610. The Morgan fingerprint density at radius 3 is 2.76 bits per heavy atom. The highest BCUT2D eigenvalue weighted by atomic mass is 32.2. The SMILES string of the molecule is CC(CCS)CCN1CCSCC1S(C)(=O)=O. The molecular formula is C11H23NO2S3. The maximum atomic E-state index is 11.7. The molecule has 0 amide bonds. The topological polar surface area (TPSA) is 37.4 Å². The van der Waals surface area contributed by atoms with Crippen molar-refractivity contribution in [1.82, 2.24) is 4.90 Å². The van der Waals surface area contributed by atoms with Crippen LogP contribution in [0.25, 0.3) is 0 Å². The number of nitrogens with zero attached hydrogens (tertiary/aromatic N) is 1. The molecule has 1 aliphatic rings. The fourth-order valence-corrected chi connectivity index (χ4v) is 5.43. The summed E-state index contributed by atoms with van der Waals surface area (Å²) in [6.45, 7) is 4.01. The zero-order chi connectivity index (χ0) is 12.9. The largest absolute Gasteiger partial charge is 0.286 e. The molecule has 17 heavy (non-hydrogen) atoms. The van der Waals surface area contributed by atoms with Gasteiger partial charge in [0.1, 0.15) is 5.37 Å². The van der Waals surface area contributed by atoms with Crippen LogP contribution in [0.4, 0.5) is 0 Å². The van der Waals surface area contributed by atoms with Gasteiger partial charge in [0, 0.05) is 24.3 Å². The van der Waals surface area contributed by atoms with Crippen molar-refractivity contribution in [3.63, 3.8) is 0 Å². The van der Waals surface area contributed by atoms with Crippen molar-refractivity contribution in [1.29, 1.82) is 0 Å². The molecule has 6 heteroatoms. The van der Waals surface area contributed by atoms with Crippen molar-refractivity contribution < 1.29 is 8.42 Å². The van der Waals surface area contributed by atoms with E-state index in [9.17, 15) is 8.42 Å². The van der Waals surface area contributed by atoms with E-state index in [4.69, 9.17) is 0 Å². The Kier molecular flexibility index (Phi) is 6.69. The van der Waals surface area contributed by atoms with E-state index in [1.54, 1.807) is 11.8 Å². The first-order valence-corrected chi connectivity index (χ1v) is 9.81. The Balaban J connectivity index is 2.49. The first-order chi connectivity index (χ1) is 7.95. The molecule has 0 spiro atoms. The molecule has 2 atom stereocenters. The Labute approximate surface area is 115 Å². The van der Waals surface area contributed by atoms with E-state index in [0.29, 0.717) is 5.92 Å². The van der Waals surface area contributed by atoms with Gasteiger partial charge in [0.05, 0.1) is 0 Å². The first kappa shape index (κ1) is 15.7. The van der Waals surface area contributed by atoms with Gasteiger partial charge in [0.25, 0.3) is 0 Å². The second-order valence-electron chi connectivity index (χ2n) is 4.80. The zero-order valence-electron chi connectivity index (χ0n) is 10.6. The molecular weight excluding hydrogens is 274 g/mol. The standard InChI is InChI=1S/C11H23NO2S3/c1-10(4-7-15)3-5-12-6-8-16-9-11(12)17(2,13)14/h10-11,15H,3-9H2,1-2H3. The molecule has 1 rings (SSSR count). The van der Waals surface area contributed by atoms with Crippen LogP contribution in [0.2, 0.25) is 0 Å². The molecule has 1 heterocycles. The predicted molar refractivity (Wildman–Crippen MR) is 79.8 cm³/mol. The average Bonchev–Trinajstić information content (AvgIpc) is 2.26. The van der Waals surface area contributed by atoms with Crippen LogP contribution in [0.15, 0.2) is 0 Å². The van der Waals surface area contributed by atoms with Crippen molar-refractivity contribution in [2.45, 2.75) is 25.1 Å². The maximum Gasteiger partial charge on any atom is 0.164 e. The Bertz CT molecular complexity index is 319. The predicted octanol–water partition coefficient (Wildman–Crippen LogP) is 1.75. The summed E-state index contributed by atoms with van der Waals surface area (Å²) < 4.78 is 23.4. The maximum absolute atomic E-state index is 11.7. The molecule has 2 unspecified atom stereocenters. The van der Waals surface area contributed by atoms with Gasteiger partial charge in [-0.3, -0.25) is 4.90 Å². The summed E-state index contributed by atoms with van der Waals surface area (Å²) in [5, 5.41) is -0.274. The minimum atomic E-state index is -2.95. The van der Waals surface area contributed by atoms with Gasteiger partial charge >= 0.3 is 0 Å². The summed E-state index contributed by atoms with van der Waals surface area (Å²) in [4.78, 5) is 2.14. The Morgan fingerprint density at radius 2 is 2.18 bits per heavy atom.